The molecule has 0 spiro atoms. The zero-order valence-corrected chi connectivity index (χ0v) is 12.3. The maximum atomic E-state index is 5.73. The molecule has 0 aliphatic carbocycles. The van der Waals surface area contributed by atoms with Gasteiger partial charge in [-0.25, -0.2) is 0 Å². The minimum Gasteiger partial charge on any atom is -0.493 e. The quantitative estimate of drug-likeness (QED) is 0.725. The van der Waals surface area contributed by atoms with E-state index in [2.05, 4.69) is 17.1 Å². The van der Waals surface area contributed by atoms with Gasteiger partial charge in [-0.15, -0.1) is 0 Å². The van der Waals surface area contributed by atoms with Gasteiger partial charge in [0.15, 0.2) is 0 Å². The van der Waals surface area contributed by atoms with Gasteiger partial charge in [-0.05, 0) is 42.8 Å². The lowest BCUT2D eigenvalue weighted by atomic mass is 10.2. The summed E-state index contributed by atoms with van der Waals surface area (Å²) in [7, 11) is 0. The van der Waals surface area contributed by atoms with Gasteiger partial charge >= 0.3 is 0 Å². The normalized spacial score (nSPS) is 10.6. The number of ether oxygens (including phenoxy) is 1. The van der Waals surface area contributed by atoms with Crippen molar-refractivity contribution >= 4 is 5.69 Å². The number of aromatic nitrogens is 2. The molecule has 1 heterocycles. The van der Waals surface area contributed by atoms with E-state index in [1.165, 1.54) is 0 Å². The molecule has 0 bridgehead atoms. The number of nitrogens with zero attached hydrogens (tertiary/aromatic N) is 2. The minimum atomic E-state index is 0.459. The second-order valence-electron chi connectivity index (χ2n) is 4.89. The molecule has 0 atom stereocenters. The zero-order chi connectivity index (χ0) is 15.4. The molecule has 0 amide bonds. The number of benzene rings is 2. The monoisotopic (exact) mass is 295 g/mol. The van der Waals surface area contributed by atoms with Crippen LogP contribution in [0.2, 0.25) is 0 Å². The minimum absolute atomic E-state index is 0.459. The summed E-state index contributed by atoms with van der Waals surface area (Å²) >= 11 is 0. The van der Waals surface area contributed by atoms with Gasteiger partial charge in [-0.2, -0.15) is 4.98 Å². The van der Waals surface area contributed by atoms with Crippen LogP contribution in [0.5, 0.6) is 5.75 Å². The van der Waals surface area contributed by atoms with Gasteiger partial charge in [0, 0.05) is 11.3 Å². The van der Waals surface area contributed by atoms with Crippen LogP contribution in [0.3, 0.4) is 0 Å². The fraction of sp³-hybridized carbons (Fsp3) is 0.176. The molecule has 0 aliphatic rings. The highest BCUT2D eigenvalue weighted by atomic mass is 16.5. The molecule has 3 aromatic rings. The molecule has 112 valence electrons. The fourth-order valence-corrected chi connectivity index (χ4v) is 2.07. The van der Waals surface area contributed by atoms with Crippen LogP contribution in [0.1, 0.15) is 13.3 Å². The number of hydrogen-bond donors (Lipinski definition) is 1. The Balaban J connectivity index is 1.92. The number of nitrogen functional groups attached to an aromatic ring is 1. The predicted octanol–water partition coefficient (Wildman–Crippen LogP) is 3.77. The highest BCUT2D eigenvalue weighted by Crippen LogP contribution is 2.29. The Kier molecular flexibility index (Phi) is 4.05. The third-order valence-corrected chi connectivity index (χ3v) is 3.17. The summed E-state index contributed by atoms with van der Waals surface area (Å²) < 4.78 is 11.1. The van der Waals surface area contributed by atoms with Gasteiger partial charge < -0.3 is 15.0 Å². The molecule has 0 radical (unpaired) electrons. The van der Waals surface area contributed by atoms with Crippen molar-refractivity contribution in [2.45, 2.75) is 13.3 Å². The summed E-state index contributed by atoms with van der Waals surface area (Å²) in [5.41, 5.74) is 8.03. The molecular formula is C17H17N3O2. The van der Waals surface area contributed by atoms with Crippen molar-refractivity contribution < 1.29 is 9.26 Å². The lowest BCUT2D eigenvalue weighted by Crippen LogP contribution is -1.97. The maximum absolute atomic E-state index is 5.73. The van der Waals surface area contributed by atoms with Crippen LogP contribution in [0, 0.1) is 0 Å². The summed E-state index contributed by atoms with van der Waals surface area (Å²) in [4.78, 5) is 4.45. The van der Waals surface area contributed by atoms with Crippen LogP contribution < -0.4 is 10.5 Å². The lowest BCUT2D eigenvalue weighted by Gasteiger charge is -2.07. The smallest absolute Gasteiger partial charge is 0.258 e. The van der Waals surface area contributed by atoms with Crippen molar-refractivity contribution in [1.29, 1.82) is 0 Å². The molecule has 2 N–H and O–H groups in total. The number of rotatable bonds is 5. The summed E-state index contributed by atoms with van der Waals surface area (Å²) in [5, 5.41) is 4.06. The van der Waals surface area contributed by atoms with Crippen LogP contribution in [-0.2, 0) is 0 Å². The van der Waals surface area contributed by atoms with E-state index in [0.29, 0.717) is 24.0 Å². The SMILES string of the molecule is CCCOc1ccccc1-c1noc(-c2ccc(N)cc2)n1. The first-order valence-corrected chi connectivity index (χ1v) is 7.19. The molecule has 5 nitrogen and oxygen atoms in total. The molecular weight excluding hydrogens is 278 g/mol. The number of para-hydroxylation sites is 1. The first-order chi connectivity index (χ1) is 10.8. The van der Waals surface area contributed by atoms with E-state index in [1.807, 2.05) is 36.4 Å². The highest BCUT2D eigenvalue weighted by molar-refractivity contribution is 5.66. The second-order valence-corrected chi connectivity index (χ2v) is 4.89. The summed E-state index contributed by atoms with van der Waals surface area (Å²) in [6.07, 6.45) is 0.942. The van der Waals surface area contributed by atoms with E-state index >= 15 is 0 Å². The third-order valence-electron chi connectivity index (χ3n) is 3.17. The molecule has 0 saturated heterocycles. The van der Waals surface area contributed by atoms with Crippen LogP contribution in [0.4, 0.5) is 5.69 Å². The average Bonchev–Trinajstić information content (AvgIpc) is 3.03. The molecule has 0 unspecified atom stereocenters. The molecule has 0 saturated carbocycles. The van der Waals surface area contributed by atoms with E-state index in [9.17, 15) is 0 Å². The van der Waals surface area contributed by atoms with Crippen LogP contribution >= 0.6 is 0 Å². The van der Waals surface area contributed by atoms with Crippen molar-refractivity contribution in [3.8, 4) is 28.6 Å². The third kappa shape index (κ3) is 2.93. The van der Waals surface area contributed by atoms with E-state index in [0.717, 1.165) is 23.3 Å². The summed E-state index contributed by atoms with van der Waals surface area (Å²) in [6.45, 7) is 2.72. The van der Waals surface area contributed by atoms with Crippen molar-refractivity contribution in [2.24, 2.45) is 0 Å². The van der Waals surface area contributed by atoms with Gasteiger partial charge in [0.25, 0.3) is 5.89 Å². The first kappa shape index (κ1) is 14.1. The summed E-state index contributed by atoms with van der Waals surface area (Å²) in [5.74, 6) is 1.73. The van der Waals surface area contributed by atoms with Crippen molar-refractivity contribution in [3.63, 3.8) is 0 Å². The zero-order valence-electron chi connectivity index (χ0n) is 12.3. The molecule has 5 heteroatoms. The van der Waals surface area contributed by atoms with Crippen molar-refractivity contribution in [2.75, 3.05) is 12.3 Å². The van der Waals surface area contributed by atoms with Crippen LogP contribution in [0.15, 0.2) is 53.1 Å². The first-order valence-electron chi connectivity index (χ1n) is 7.19. The molecule has 0 aliphatic heterocycles. The molecule has 3 rings (SSSR count). The standard InChI is InChI=1S/C17H17N3O2/c1-2-11-21-15-6-4-3-5-14(15)16-19-17(22-20-16)12-7-9-13(18)10-8-12/h3-10H,2,11,18H2,1H3. The Bertz CT molecular complexity index is 751. The molecule has 2 aromatic carbocycles. The van der Waals surface area contributed by atoms with Gasteiger partial charge in [0.1, 0.15) is 5.75 Å². The van der Waals surface area contributed by atoms with E-state index in [1.54, 1.807) is 12.1 Å². The largest absolute Gasteiger partial charge is 0.493 e. The lowest BCUT2D eigenvalue weighted by molar-refractivity contribution is 0.318. The van der Waals surface area contributed by atoms with E-state index in [4.69, 9.17) is 15.0 Å². The van der Waals surface area contributed by atoms with Crippen LogP contribution in [-0.4, -0.2) is 16.7 Å². The number of anilines is 1. The van der Waals surface area contributed by atoms with Gasteiger partial charge in [0.2, 0.25) is 5.82 Å². The Labute approximate surface area is 128 Å². The number of hydrogen-bond acceptors (Lipinski definition) is 5. The topological polar surface area (TPSA) is 74.2 Å². The Morgan fingerprint density at radius 1 is 1.09 bits per heavy atom. The summed E-state index contributed by atoms with van der Waals surface area (Å²) in [6, 6.07) is 15.0. The van der Waals surface area contributed by atoms with E-state index < -0.39 is 0 Å². The van der Waals surface area contributed by atoms with Gasteiger partial charge in [-0.1, -0.05) is 24.2 Å². The predicted molar refractivity (Wildman–Crippen MR) is 85.4 cm³/mol. The Hall–Kier alpha value is -2.82. The average molecular weight is 295 g/mol. The molecule has 1 aromatic heterocycles. The molecule has 22 heavy (non-hydrogen) atoms. The highest BCUT2D eigenvalue weighted by Gasteiger charge is 2.14. The fourth-order valence-electron chi connectivity index (χ4n) is 2.07. The van der Waals surface area contributed by atoms with Gasteiger partial charge in [-0.3, -0.25) is 0 Å². The maximum Gasteiger partial charge on any atom is 0.258 e. The van der Waals surface area contributed by atoms with Crippen molar-refractivity contribution in [3.05, 3.63) is 48.5 Å². The van der Waals surface area contributed by atoms with E-state index in [-0.39, 0.29) is 0 Å². The second kappa shape index (κ2) is 6.30. The Morgan fingerprint density at radius 3 is 2.64 bits per heavy atom. The Morgan fingerprint density at radius 2 is 1.86 bits per heavy atom. The van der Waals surface area contributed by atoms with Crippen LogP contribution in [0.25, 0.3) is 22.8 Å². The number of nitrogens with two attached hydrogens (primary N) is 1. The van der Waals surface area contributed by atoms with Gasteiger partial charge in [0.05, 0.1) is 12.2 Å². The van der Waals surface area contributed by atoms with Crippen molar-refractivity contribution in [1.82, 2.24) is 10.1 Å². The molecule has 0 fully saturated rings.